The highest BCUT2D eigenvalue weighted by atomic mass is 16.1. The molecule has 70 valence electrons. The molecule has 0 amide bonds. The number of carbonyl (C=O) groups excluding carboxylic acids is 1. The minimum absolute atomic E-state index is 0.280. The smallest absolute Gasteiger partial charge is 0.211 e. The molecule has 0 aliphatic heterocycles. The fourth-order valence-electron chi connectivity index (χ4n) is 1.90. The standard InChI is InChI=1S/C10H14N2O/c1-8-2-4-9(5-3-8)10(6-11)12-7-13/h8-10H,2-5H2,1H3. The van der Waals surface area contributed by atoms with Crippen LogP contribution < -0.4 is 0 Å². The Labute approximate surface area is 78.5 Å². The Bertz CT molecular complexity index is 242. The van der Waals surface area contributed by atoms with E-state index in [1.807, 2.05) is 0 Å². The minimum atomic E-state index is -0.454. The molecule has 0 aromatic rings. The summed E-state index contributed by atoms with van der Waals surface area (Å²) in [6.07, 6.45) is 5.82. The van der Waals surface area contributed by atoms with Crippen molar-refractivity contribution in [3.63, 3.8) is 0 Å². The predicted octanol–water partition coefficient (Wildman–Crippen LogP) is 2.04. The topological polar surface area (TPSA) is 53.2 Å². The molecule has 1 fully saturated rings. The largest absolute Gasteiger partial charge is 0.236 e. The number of aliphatic imine (C=N–C) groups is 1. The van der Waals surface area contributed by atoms with Gasteiger partial charge in [0.1, 0.15) is 0 Å². The van der Waals surface area contributed by atoms with Gasteiger partial charge in [0.2, 0.25) is 6.08 Å². The van der Waals surface area contributed by atoms with Crippen molar-refractivity contribution in [1.29, 1.82) is 5.26 Å². The molecule has 1 rings (SSSR count). The molecule has 1 aliphatic carbocycles. The van der Waals surface area contributed by atoms with E-state index >= 15 is 0 Å². The summed E-state index contributed by atoms with van der Waals surface area (Å²) >= 11 is 0. The van der Waals surface area contributed by atoms with Crippen molar-refractivity contribution in [2.45, 2.75) is 38.6 Å². The van der Waals surface area contributed by atoms with Crippen molar-refractivity contribution in [2.24, 2.45) is 16.8 Å². The van der Waals surface area contributed by atoms with Gasteiger partial charge in [0.25, 0.3) is 0 Å². The monoisotopic (exact) mass is 178 g/mol. The van der Waals surface area contributed by atoms with Gasteiger partial charge in [0.05, 0.1) is 6.07 Å². The third-order valence-electron chi connectivity index (χ3n) is 2.83. The molecule has 13 heavy (non-hydrogen) atoms. The quantitative estimate of drug-likeness (QED) is 0.480. The molecular weight excluding hydrogens is 164 g/mol. The Hall–Kier alpha value is -1.13. The molecule has 0 radical (unpaired) electrons. The first-order valence-electron chi connectivity index (χ1n) is 4.74. The Morgan fingerprint density at radius 2 is 2.00 bits per heavy atom. The first-order chi connectivity index (χ1) is 6.27. The van der Waals surface area contributed by atoms with E-state index in [1.54, 1.807) is 0 Å². The van der Waals surface area contributed by atoms with Crippen LogP contribution in [0.1, 0.15) is 32.6 Å². The summed E-state index contributed by atoms with van der Waals surface area (Å²) in [5, 5.41) is 8.75. The van der Waals surface area contributed by atoms with Gasteiger partial charge in [-0.2, -0.15) is 10.3 Å². The summed E-state index contributed by atoms with van der Waals surface area (Å²) in [6, 6.07) is 1.60. The van der Waals surface area contributed by atoms with Crippen LogP contribution in [0.15, 0.2) is 4.99 Å². The Morgan fingerprint density at radius 1 is 1.38 bits per heavy atom. The number of rotatable bonds is 2. The molecule has 0 aromatic carbocycles. The van der Waals surface area contributed by atoms with E-state index in [0.29, 0.717) is 0 Å². The number of nitrogens with zero attached hydrogens (tertiary/aromatic N) is 2. The number of hydrogen-bond acceptors (Lipinski definition) is 3. The second kappa shape index (κ2) is 4.79. The molecule has 0 N–H and O–H groups in total. The van der Waals surface area contributed by atoms with Gasteiger partial charge in [-0.1, -0.05) is 19.8 Å². The van der Waals surface area contributed by atoms with Crippen molar-refractivity contribution in [3.05, 3.63) is 0 Å². The highest BCUT2D eigenvalue weighted by Crippen LogP contribution is 2.31. The third-order valence-corrected chi connectivity index (χ3v) is 2.83. The lowest BCUT2D eigenvalue weighted by molar-refractivity contribution is 0.276. The first kappa shape index (κ1) is 9.95. The van der Waals surface area contributed by atoms with Crippen molar-refractivity contribution in [1.82, 2.24) is 0 Å². The molecule has 0 heterocycles. The average molecular weight is 178 g/mol. The fraction of sp³-hybridized carbons (Fsp3) is 0.800. The molecule has 0 spiro atoms. The molecule has 1 aliphatic rings. The van der Waals surface area contributed by atoms with E-state index in [2.05, 4.69) is 18.0 Å². The van der Waals surface area contributed by atoms with Crippen LogP contribution in [0, 0.1) is 23.2 Å². The Balaban J connectivity index is 2.52. The van der Waals surface area contributed by atoms with Gasteiger partial charge in [0.15, 0.2) is 6.04 Å². The van der Waals surface area contributed by atoms with Gasteiger partial charge in [-0.3, -0.25) is 0 Å². The lowest BCUT2D eigenvalue weighted by atomic mass is 9.80. The van der Waals surface area contributed by atoms with Gasteiger partial charge >= 0.3 is 0 Å². The number of isocyanates is 1. The molecular formula is C10H14N2O. The molecule has 1 unspecified atom stereocenters. The SMILES string of the molecule is CC1CCC(C(C#N)N=C=O)CC1. The van der Waals surface area contributed by atoms with Crippen molar-refractivity contribution >= 4 is 6.08 Å². The molecule has 3 heteroatoms. The Morgan fingerprint density at radius 3 is 2.46 bits per heavy atom. The third kappa shape index (κ3) is 2.68. The highest BCUT2D eigenvalue weighted by molar-refractivity contribution is 5.34. The van der Waals surface area contributed by atoms with E-state index in [-0.39, 0.29) is 5.92 Å². The lowest BCUT2D eigenvalue weighted by Crippen LogP contribution is -2.22. The van der Waals surface area contributed by atoms with Crippen LogP contribution in [0.25, 0.3) is 0 Å². The molecule has 0 aromatic heterocycles. The van der Waals surface area contributed by atoms with Crippen molar-refractivity contribution < 1.29 is 4.79 Å². The summed E-state index contributed by atoms with van der Waals surface area (Å²) in [4.78, 5) is 13.6. The minimum Gasteiger partial charge on any atom is -0.211 e. The Kier molecular flexibility index (Phi) is 3.67. The summed E-state index contributed by atoms with van der Waals surface area (Å²) in [5.74, 6) is 1.04. The number of nitriles is 1. The van der Waals surface area contributed by atoms with Gasteiger partial charge < -0.3 is 0 Å². The maximum atomic E-state index is 10.0. The maximum Gasteiger partial charge on any atom is 0.236 e. The predicted molar refractivity (Wildman–Crippen MR) is 48.6 cm³/mol. The average Bonchev–Trinajstić information content (AvgIpc) is 2.16. The van der Waals surface area contributed by atoms with Crippen LogP contribution in [0.3, 0.4) is 0 Å². The zero-order valence-electron chi connectivity index (χ0n) is 7.86. The summed E-state index contributed by atoms with van der Waals surface area (Å²) in [5.41, 5.74) is 0. The van der Waals surface area contributed by atoms with Gasteiger partial charge in [-0.25, -0.2) is 4.79 Å². The zero-order chi connectivity index (χ0) is 9.68. The molecule has 3 nitrogen and oxygen atoms in total. The molecule has 1 atom stereocenters. The molecule has 0 bridgehead atoms. The van der Waals surface area contributed by atoms with Crippen LogP contribution in [0.4, 0.5) is 0 Å². The second-order valence-corrected chi connectivity index (χ2v) is 3.81. The number of hydrogen-bond donors (Lipinski definition) is 0. The van der Waals surface area contributed by atoms with Gasteiger partial charge in [-0.15, -0.1) is 0 Å². The van der Waals surface area contributed by atoms with E-state index in [4.69, 9.17) is 5.26 Å². The van der Waals surface area contributed by atoms with Gasteiger partial charge in [-0.05, 0) is 24.7 Å². The maximum absolute atomic E-state index is 10.0. The van der Waals surface area contributed by atoms with Gasteiger partial charge in [0, 0.05) is 0 Å². The lowest BCUT2D eigenvalue weighted by Gasteiger charge is -2.26. The summed E-state index contributed by atoms with van der Waals surface area (Å²) in [6.45, 7) is 2.22. The van der Waals surface area contributed by atoms with Crippen LogP contribution in [0.2, 0.25) is 0 Å². The van der Waals surface area contributed by atoms with Crippen LogP contribution in [0.5, 0.6) is 0 Å². The van der Waals surface area contributed by atoms with E-state index in [1.165, 1.54) is 6.08 Å². The van der Waals surface area contributed by atoms with Crippen molar-refractivity contribution in [2.75, 3.05) is 0 Å². The second-order valence-electron chi connectivity index (χ2n) is 3.81. The normalized spacial score (nSPS) is 29.8. The first-order valence-corrected chi connectivity index (χ1v) is 4.74. The summed E-state index contributed by atoms with van der Waals surface area (Å²) < 4.78 is 0. The molecule has 0 saturated heterocycles. The summed E-state index contributed by atoms with van der Waals surface area (Å²) in [7, 11) is 0. The highest BCUT2D eigenvalue weighted by Gasteiger charge is 2.25. The van der Waals surface area contributed by atoms with Crippen molar-refractivity contribution in [3.8, 4) is 6.07 Å². The van der Waals surface area contributed by atoms with Crippen LogP contribution >= 0.6 is 0 Å². The van der Waals surface area contributed by atoms with Crippen LogP contribution in [-0.4, -0.2) is 12.1 Å². The van der Waals surface area contributed by atoms with Crippen LogP contribution in [-0.2, 0) is 4.79 Å². The van der Waals surface area contributed by atoms with E-state index < -0.39 is 6.04 Å². The van der Waals surface area contributed by atoms with E-state index in [0.717, 1.165) is 31.6 Å². The van der Waals surface area contributed by atoms with E-state index in [9.17, 15) is 4.79 Å². The zero-order valence-corrected chi connectivity index (χ0v) is 7.86. The fourth-order valence-corrected chi connectivity index (χ4v) is 1.90. The molecule has 1 saturated carbocycles.